The molecule has 0 aliphatic carbocycles. The Labute approximate surface area is 161 Å². The van der Waals surface area contributed by atoms with Gasteiger partial charge in [-0.1, -0.05) is 47.1 Å². The van der Waals surface area contributed by atoms with E-state index in [1.807, 2.05) is 36.6 Å². The van der Waals surface area contributed by atoms with Crippen LogP contribution in [-0.4, -0.2) is 26.4 Å². The first-order valence-electron chi connectivity index (χ1n) is 8.10. The van der Waals surface area contributed by atoms with Gasteiger partial charge in [-0.3, -0.25) is 9.36 Å². The number of hydrogen-bond acceptors (Lipinski definition) is 4. The minimum atomic E-state index is -0.115. The Kier molecular flexibility index (Phi) is 5.64. The number of anilines is 1. The van der Waals surface area contributed by atoms with Crippen LogP contribution in [0.4, 0.5) is 5.69 Å². The third kappa shape index (κ3) is 4.26. The smallest absolute Gasteiger partial charge is 0.234 e. The molecule has 0 saturated carbocycles. The van der Waals surface area contributed by atoms with E-state index in [4.69, 9.17) is 11.6 Å². The van der Waals surface area contributed by atoms with Crippen molar-refractivity contribution in [3.8, 4) is 5.69 Å². The van der Waals surface area contributed by atoms with Crippen LogP contribution >= 0.6 is 23.4 Å². The van der Waals surface area contributed by atoms with Crippen molar-refractivity contribution in [3.63, 3.8) is 0 Å². The molecule has 3 aromatic rings. The maximum absolute atomic E-state index is 12.3. The maximum atomic E-state index is 12.3. The van der Waals surface area contributed by atoms with Crippen molar-refractivity contribution in [2.24, 2.45) is 0 Å². The normalized spacial score (nSPS) is 10.8. The number of carbonyl (C=O) groups is 1. The Hall–Kier alpha value is -2.31. The van der Waals surface area contributed by atoms with E-state index in [2.05, 4.69) is 28.5 Å². The highest BCUT2D eigenvalue weighted by atomic mass is 35.5. The molecular weight excluding hydrogens is 368 g/mol. The molecule has 7 heteroatoms. The fraction of sp³-hybridized carbons (Fsp3) is 0.211. The Morgan fingerprint density at radius 3 is 2.73 bits per heavy atom. The lowest BCUT2D eigenvalue weighted by Gasteiger charge is -2.11. The van der Waals surface area contributed by atoms with Crippen molar-refractivity contribution < 1.29 is 4.79 Å². The second-order valence-corrected chi connectivity index (χ2v) is 7.45. The molecule has 1 amide bonds. The van der Waals surface area contributed by atoms with E-state index < -0.39 is 0 Å². The van der Waals surface area contributed by atoms with Gasteiger partial charge in [-0.15, -0.1) is 10.2 Å². The monoisotopic (exact) mass is 386 g/mol. The zero-order chi connectivity index (χ0) is 18.7. The molecule has 26 heavy (non-hydrogen) atoms. The predicted molar refractivity (Wildman–Crippen MR) is 106 cm³/mol. The van der Waals surface area contributed by atoms with Crippen LogP contribution in [0, 0.1) is 20.8 Å². The van der Waals surface area contributed by atoms with Crippen molar-refractivity contribution in [2.45, 2.75) is 25.9 Å². The number of thioether (sulfide) groups is 1. The van der Waals surface area contributed by atoms with E-state index in [1.54, 1.807) is 18.5 Å². The predicted octanol–water partition coefficient (Wildman–Crippen LogP) is 4.58. The molecule has 0 spiro atoms. The summed E-state index contributed by atoms with van der Waals surface area (Å²) >= 11 is 7.34. The van der Waals surface area contributed by atoms with Crippen LogP contribution in [0.2, 0.25) is 5.02 Å². The van der Waals surface area contributed by atoms with Crippen molar-refractivity contribution in [2.75, 3.05) is 11.1 Å². The average molecular weight is 387 g/mol. The number of rotatable bonds is 5. The molecule has 0 atom stereocenters. The summed E-state index contributed by atoms with van der Waals surface area (Å²) in [6, 6.07) is 11.6. The number of aromatic nitrogens is 3. The number of halogens is 1. The molecule has 0 bridgehead atoms. The lowest BCUT2D eigenvalue weighted by Crippen LogP contribution is -2.15. The lowest BCUT2D eigenvalue weighted by molar-refractivity contribution is -0.113. The molecular formula is C19H19ClN4OS. The average Bonchev–Trinajstić information content (AvgIpc) is 3.04. The minimum Gasteiger partial charge on any atom is -0.325 e. The first-order valence-corrected chi connectivity index (χ1v) is 9.47. The van der Waals surface area contributed by atoms with Gasteiger partial charge in [0.05, 0.1) is 11.4 Å². The Morgan fingerprint density at radius 1 is 1.15 bits per heavy atom. The summed E-state index contributed by atoms with van der Waals surface area (Å²) in [4.78, 5) is 12.3. The summed E-state index contributed by atoms with van der Waals surface area (Å²) in [6.07, 6.45) is 1.67. The maximum Gasteiger partial charge on any atom is 0.234 e. The highest BCUT2D eigenvalue weighted by Crippen LogP contribution is 2.24. The van der Waals surface area contributed by atoms with Crippen LogP contribution in [0.5, 0.6) is 0 Å². The van der Waals surface area contributed by atoms with E-state index in [-0.39, 0.29) is 11.7 Å². The first kappa shape index (κ1) is 18.5. The molecule has 0 radical (unpaired) electrons. The van der Waals surface area contributed by atoms with Crippen molar-refractivity contribution in [1.82, 2.24) is 14.8 Å². The summed E-state index contributed by atoms with van der Waals surface area (Å²) < 4.78 is 1.90. The van der Waals surface area contributed by atoms with Gasteiger partial charge in [-0.2, -0.15) is 0 Å². The van der Waals surface area contributed by atoms with E-state index in [1.165, 1.54) is 17.3 Å². The molecule has 0 fully saturated rings. The summed E-state index contributed by atoms with van der Waals surface area (Å²) in [5, 5.41) is 12.3. The van der Waals surface area contributed by atoms with Crippen LogP contribution in [0.15, 0.2) is 47.9 Å². The van der Waals surface area contributed by atoms with Gasteiger partial charge in [0, 0.05) is 10.7 Å². The van der Waals surface area contributed by atoms with Gasteiger partial charge in [0.15, 0.2) is 5.16 Å². The first-order chi connectivity index (χ1) is 12.4. The number of carbonyl (C=O) groups excluding carboxylic acids is 1. The number of nitrogens with zero attached hydrogens (tertiary/aromatic N) is 3. The summed E-state index contributed by atoms with van der Waals surface area (Å²) in [5.74, 6) is 0.116. The lowest BCUT2D eigenvalue weighted by atomic mass is 10.1. The number of aryl methyl sites for hydroxylation is 3. The summed E-state index contributed by atoms with van der Waals surface area (Å²) in [5.41, 5.74) is 5.02. The number of nitrogens with one attached hydrogen (secondary N) is 1. The molecule has 2 aromatic carbocycles. The van der Waals surface area contributed by atoms with Gasteiger partial charge in [-0.05, 0) is 50.1 Å². The molecule has 1 N–H and O–H groups in total. The molecule has 0 aliphatic heterocycles. The molecule has 134 valence electrons. The molecule has 0 unspecified atom stereocenters. The quantitative estimate of drug-likeness (QED) is 0.652. The van der Waals surface area contributed by atoms with E-state index in [0.29, 0.717) is 10.2 Å². The van der Waals surface area contributed by atoms with Crippen LogP contribution in [0.3, 0.4) is 0 Å². The van der Waals surface area contributed by atoms with E-state index >= 15 is 0 Å². The van der Waals surface area contributed by atoms with E-state index in [9.17, 15) is 4.79 Å². The largest absolute Gasteiger partial charge is 0.325 e. The highest BCUT2D eigenvalue weighted by Gasteiger charge is 2.12. The van der Waals surface area contributed by atoms with Gasteiger partial charge in [0.25, 0.3) is 0 Å². The highest BCUT2D eigenvalue weighted by molar-refractivity contribution is 7.99. The third-order valence-corrected chi connectivity index (χ3v) is 5.11. The second-order valence-electron chi connectivity index (χ2n) is 6.07. The van der Waals surface area contributed by atoms with Gasteiger partial charge in [-0.25, -0.2) is 0 Å². The number of amides is 1. The topological polar surface area (TPSA) is 59.8 Å². The van der Waals surface area contributed by atoms with Crippen molar-refractivity contribution >= 4 is 35.0 Å². The van der Waals surface area contributed by atoms with Crippen LogP contribution in [0.25, 0.3) is 5.69 Å². The molecule has 5 nitrogen and oxygen atoms in total. The molecule has 0 saturated heterocycles. The minimum absolute atomic E-state index is 0.115. The van der Waals surface area contributed by atoms with Crippen LogP contribution in [-0.2, 0) is 4.79 Å². The number of hydrogen-bond donors (Lipinski definition) is 1. The fourth-order valence-electron chi connectivity index (χ4n) is 2.61. The Balaban J connectivity index is 1.70. The standard InChI is InChI=1S/C19H19ClN4OS/c1-12-4-7-17(14(3)8-12)24-11-21-23-19(24)26-10-18(25)22-16-9-15(20)6-5-13(16)2/h4-9,11H,10H2,1-3H3,(H,22,25). The molecule has 0 aliphatic rings. The zero-order valence-corrected chi connectivity index (χ0v) is 16.4. The van der Waals surface area contributed by atoms with Gasteiger partial charge < -0.3 is 5.32 Å². The van der Waals surface area contributed by atoms with Crippen molar-refractivity contribution in [3.05, 3.63) is 64.4 Å². The van der Waals surface area contributed by atoms with Crippen LogP contribution < -0.4 is 5.32 Å². The molecule has 1 aromatic heterocycles. The van der Waals surface area contributed by atoms with Gasteiger partial charge >= 0.3 is 0 Å². The van der Waals surface area contributed by atoms with E-state index in [0.717, 1.165) is 22.5 Å². The Morgan fingerprint density at radius 2 is 1.96 bits per heavy atom. The molecule has 3 rings (SSSR count). The van der Waals surface area contributed by atoms with Gasteiger partial charge in [0.2, 0.25) is 5.91 Å². The SMILES string of the molecule is Cc1ccc(-n2cnnc2SCC(=O)Nc2cc(Cl)ccc2C)c(C)c1. The van der Waals surface area contributed by atoms with Crippen LogP contribution in [0.1, 0.15) is 16.7 Å². The summed E-state index contributed by atoms with van der Waals surface area (Å²) in [6.45, 7) is 6.03. The third-order valence-electron chi connectivity index (χ3n) is 3.93. The van der Waals surface area contributed by atoms with Gasteiger partial charge in [0.1, 0.15) is 6.33 Å². The zero-order valence-electron chi connectivity index (χ0n) is 14.8. The van der Waals surface area contributed by atoms with Crippen molar-refractivity contribution in [1.29, 1.82) is 0 Å². The number of benzene rings is 2. The Bertz CT molecular complexity index is 954. The second kappa shape index (κ2) is 7.93. The fourth-order valence-corrected chi connectivity index (χ4v) is 3.50. The summed E-state index contributed by atoms with van der Waals surface area (Å²) in [7, 11) is 0. The molecule has 1 heterocycles.